The maximum atomic E-state index is 5.60. The van der Waals surface area contributed by atoms with Gasteiger partial charge in [-0.2, -0.15) is 0 Å². The largest absolute Gasteiger partial charge is 0.468 e. The summed E-state index contributed by atoms with van der Waals surface area (Å²) in [6.45, 7) is 1.30. The minimum atomic E-state index is 0.217. The Balaban J connectivity index is 1.71. The van der Waals surface area contributed by atoms with Crippen molar-refractivity contribution >= 4 is 37.5 Å². The summed E-state index contributed by atoms with van der Waals surface area (Å²) < 4.78 is 16.9. The van der Waals surface area contributed by atoms with Crippen LogP contribution in [0.4, 0.5) is 0 Å². The van der Waals surface area contributed by atoms with Gasteiger partial charge in [-0.1, -0.05) is 40.2 Å². The lowest BCUT2D eigenvalue weighted by atomic mass is 10.2. The number of benzene rings is 2. The number of aromatic nitrogens is 1. The number of fused-ring (bicyclic) bond motifs is 1. The fraction of sp³-hybridized carbons (Fsp3) is 0.278. The van der Waals surface area contributed by atoms with Gasteiger partial charge >= 0.3 is 0 Å². The summed E-state index contributed by atoms with van der Waals surface area (Å²) in [5.41, 5.74) is 3.36. The number of thiazole rings is 1. The molecule has 0 fully saturated rings. The van der Waals surface area contributed by atoms with Crippen LogP contribution >= 0.6 is 27.3 Å². The van der Waals surface area contributed by atoms with Crippen molar-refractivity contribution < 1.29 is 14.2 Å². The molecule has 1 heterocycles. The van der Waals surface area contributed by atoms with E-state index in [9.17, 15) is 0 Å². The van der Waals surface area contributed by atoms with E-state index >= 15 is 0 Å². The summed E-state index contributed by atoms with van der Waals surface area (Å²) in [5.74, 6) is 0.782. The van der Waals surface area contributed by atoms with Crippen LogP contribution in [0.2, 0.25) is 0 Å². The van der Waals surface area contributed by atoms with E-state index in [1.54, 1.807) is 18.4 Å². The number of methoxy groups -OCH3 is 1. The molecule has 0 amide bonds. The fourth-order valence-corrected chi connectivity index (χ4v) is 3.54. The second kappa shape index (κ2) is 8.58. The molecule has 2 aromatic carbocycles. The van der Waals surface area contributed by atoms with Crippen molar-refractivity contribution in [2.45, 2.75) is 5.33 Å². The third kappa shape index (κ3) is 4.33. The molecule has 0 aliphatic rings. The van der Waals surface area contributed by atoms with Crippen LogP contribution in [-0.2, 0) is 14.8 Å². The van der Waals surface area contributed by atoms with E-state index in [0.717, 1.165) is 31.9 Å². The van der Waals surface area contributed by atoms with E-state index in [2.05, 4.69) is 40.2 Å². The van der Waals surface area contributed by atoms with Crippen molar-refractivity contribution in [1.82, 2.24) is 4.98 Å². The lowest BCUT2D eigenvalue weighted by Crippen LogP contribution is -2.07. The van der Waals surface area contributed by atoms with Crippen LogP contribution in [0, 0.1) is 0 Å². The van der Waals surface area contributed by atoms with Gasteiger partial charge in [0.25, 0.3) is 0 Å². The summed E-state index contributed by atoms with van der Waals surface area (Å²) in [4.78, 5) is 4.70. The molecule has 0 spiro atoms. The average molecular weight is 408 g/mol. The van der Waals surface area contributed by atoms with E-state index in [0.29, 0.717) is 13.2 Å². The predicted octanol–water partition coefficient (Wildman–Crippen LogP) is 4.86. The normalized spacial score (nSPS) is 11.1. The van der Waals surface area contributed by atoms with Gasteiger partial charge in [0.2, 0.25) is 0 Å². The monoisotopic (exact) mass is 407 g/mol. The molecule has 0 aliphatic carbocycles. The van der Waals surface area contributed by atoms with Crippen LogP contribution < -0.4 is 4.74 Å². The highest BCUT2D eigenvalue weighted by atomic mass is 79.9. The zero-order chi connectivity index (χ0) is 16.8. The number of alkyl halides is 1. The SMILES string of the molecule is COCCOCOc1ccc2nc(-c3ccc(CBr)cc3)sc2c1. The third-order valence-corrected chi connectivity index (χ3v) is 5.17. The van der Waals surface area contributed by atoms with E-state index in [-0.39, 0.29) is 6.79 Å². The molecule has 0 unspecified atom stereocenters. The number of rotatable bonds is 8. The van der Waals surface area contributed by atoms with E-state index < -0.39 is 0 Å². The standard InChI is InChI=1S/C18H18BrNO3S/c1-21-8-9-22-12-23-15-6-7-16-17(10-15)24-18(20-16)14-4-2-13(11-19)3-5-14/h2-7,10H,8-9,11-12H2,1H3. The molecule has 0 bridgehead atoms. The van der Waals surface area contributed by atoms with Crippen LogP contribution in [0.3, 0.4) is 0 Å². The van der Waals surface area contributed by atoms with Crippen molar-refractivity contribution in [2.24, 2.45) is 0 Å². The second-order valence-electron chi connectivity index (χ2n) is 5.14. The molecule has 24 heavy (non-hydrogen) atoms. The number of hydrogen-bond acceptors (Lipinski definition) is 5. The van der Waals surface area contributed by atoms with Gasteiger partial charge in [0.1, 0.15) is 10.8 Å². The first-order valence-electron chi connectivity index (χ1n) is 7.55. The van der Waals surface area contributed by atoms with Crippen molar-refractivity contribution in [3.8, 4) is 16.3 Å². The first kappa shape index (κ1) is 17.4. The molecular weight excluding hydrogens is 390 g/mol. The third-order valence-electron chi connectivity index (χ3n) is 3.46. The van der Waals surface area contributed by atoms with Crippen LogP contribution in [0.25, 0.3) is 20.8 Å². The highest BCUT2D eigenvalue weighted by molar-refractivity contribution is 9.08. The Morgan fingerprint density at radius 2 is 1.92 bits per heavy atom. The summed E-state index contributed by atoms with van der Waals surface area (Å²) in [5, 5.41) is 1.87. The maximum absolute atomic E-state index is 5.60. The molecule has 1 aromatic heterocycles. The van der Waals surface area contributed by atoms with E-state index in [4.69, 9.17) is 19.2 Å². The molecule has 0 saturated carbocycles. The quantitative estimate of drug-likeness (QED) is 0.303. The van der Waals surface area contributed by atoms with E-state index in [1.807, 2.05) is 18.2 Å². The first-order valence-corrected chi connectivity index (χ1v) is 9.49. The van der Waals surface area contributed by atoms with Gasteiger partial charge in [-0.05, 0) is 23.8 Å². The van der Waals surface area contributed by atoms with Gasteiger partial charge in [0.15, 0.2) is 6.79 Å². The summed E-state index contributed by atoms with van der Waals surface area (Å²) in [6, 6.07) is 14.3. The Morgan fingerprint density at radius 3 is 2.67 bits per heavy atom. The van der Waals surface area contributed by atoms with Gasteiger partial charge in [0.05, 0.1) is 23.4 Å². The lowest BCUT2D eigenvalue weighted by molar-refractivity contribution is -0.00840. The van der Waals surface area contributed by atoms with Crippen molar-refractivity contribution in [3.05, 3.63) is 48.0 Å². The minimum Gasteiger partial charge on any atom is -0.468 e. The summed E-state index contributed by atoms with van der Waals surface area (Å²) in [6.07, 6.45) is 0. The predicted molar refractivity (Wildman–Crippen MR) is 101 cm³/mol. The molecule has 0 N–H and O–H groups in total. The minimum absolute atomic E-state index is 0.217. The summed E-state index contributed by atoms with van der Waals surface area (Å²) >= 11 is 5.13. The zero-order valence-corrected chi connectivity index (χ0v) is 15.7. The highest BCUT2D eigenvalue weighted by Gasteiger charge is 2.07. The van der Waals surface area contributed by atoms with E-state index in [1.165, 1.54) is 5.56 Å². The molecule has 3 aromatic rings. The Bertz CT molecular complexity index is 789. The second-order valence-corrected chi connectivity index (χ2v) is 6.73. The first-order chi connectivity index (χ1) is 11.8. The smallest absolute Gasteiger partial charge is 0.189 e. The number of nitrogens with zero attached hydrogens (tertiary/aromatic N) is 1. The molecule has 0 atom stereocenters. The molecule has 4 nitrogen and oxygen atoms in total. The maximum Gasteiger partial charge on any atom is 0.189 e. The van der Waals surface area contributed by atoms with Crippen LogP contribution in [0.15, 0.2) is 42.5 Å². The fourth-order valence-electron chi connectivity index (χ4n) is 2.17. The van der Waals surface area contributed by atoms with Gasteiger partial charge in [-0.3, -0.25) is 0 Å². The van der Waals surface area contributed by atoms with Crippen LogP contribution in [-0.4, -0.2) is 32.1 Å². The number of halogens is 1. The Hall–Kier alpha value is -1.47. The highest BCUT2D eigenvalue weighted by Crippen LogP contribution is 2.32. The topological polar surface area (TPSA) is 40.6 Å². The Kier molecular flexibility index (Phi) is 6.20. The Labute approximate surface area is 153 Å². The van der Waals surface area contributed by atoms with Crippen LogP contribution in [0.1, 0.15) is 5.56 Å². The zero-order valence-electron chi connectivity index (χ0n) is 13.3. The molecule has 3 rings (SSSR count). The molecule has 126 valence electrons. The molecule has 0 radical (unpaired) electrons. The van der Waals surface area contributed by atoms with Crippen molar-refractivity contribution in [2.75, 3.05) is 27.1 Å². The van der Waals surface area contributed by atoms with Crippen molar-refractivity contribution in [3.63, 3.8) is 0 Å². The molecule has 6 heteroatoms. The average Bonchev–Trinajstić information content (AvgIpc) is 3.05. The van der Waals surface area contributed by atoms with Crippen LogP contribution in [0.5, 0.6) is 5.75 Å². The lowest BCUT2D eigenvalue weighted by Gasteiger charge is -2.06. The van der Waals surface area contributed by atoms with Gasteiger partial charge in [-0.15, -0.1) is 11.3 Å². The van der Waals surface area contributed by atoms with Gasteiger partial charge in [-0.25, -0.2) is 4.98 Å². The van der Waals surface area contributed by atoms with Crippen molar-refractivity contribution in [1.29, 1.82) is 0 Å². The number of hydrogen-bond donors (Lipinski definition) is 0. The molecule has 0 aliphatic heterocycles. The number of ether oxygens (including phenoxy) is 3. The summed E-state index contributed by atoms with van der Waals surface area (Å²) in [7, 11) is 1.65. The molecule has 0 saturated heterocycles. The Morgan fingerprint density at radius 1 is 1.08 bits per heavy atom. The molecular formula is C18H18BrNO3S. The van der Waals surface area contributed by atoms with Gasteiger partial charge < -0.3 is 14.2 Å². The van der Waals surface area contributed by atoms with Gasteiger partial charge in [0, 0.05) is 18.0 Å².